The molecule has 0 aliphatic heterocycles. The molecule has 1 unspecified atom stereocenters. The Labute approximate surface area is 126 Å². The standard InChI is InChI=1S/C13H14F3S.BF4/c1-9(2)7-11-8-10-5-3-4-6-12(10)17(11)13(14,15)16;2-1(3,4)5/h3-6,8-9H,7H2,1-2H3;/q+1;-1. The van der Waals surface area contributed by atoms with Gasteiger partial charge in [-0.15, -0.1) is 13.2 Å². The molecule has 0 N–H and O–H groups in total. The summed E-state index contributed by atoms with van der Waals surface area (Å²) in [4.78, 5) is 0.522. The maximum atomic E-state index is 13.1. The van der Waals surface area contributed by atoms with E-state index >= 15 is 0 Å². The highest BCUT2D eigenvalue weighted by Crippen LogP contribution is 2.51. The van der Waals surface area contributed by atoms with Crippen molar-refractivity contribution in [2.24, 2.45) is 5.92 Å². The van der Waals surface area contributed by atoms with Gasteiger partial charge < -0.3 is 17.3 Å². The first-order valence-corrected chi connectivity index (χ1v) is 7.60. The largest absolute Gasteiger partial charge is 0.673 e. The molecule has 0 saturated heterocycles. The zero-order valence-electron chi connectivity index (χ0n) is 11.8. The van der Waals surface area contributed by atoms with Gasteiger partial charge in [0.15, 0.2) is 9.58 Å². The molecule has 0 spiro atoms. The molecule has 0 fully saturated rings. The van der Waals surface area contributed by atoms with Crippen LogP contribution in [0.4, 0.5) is 30.4 Å². The van der Waals surface area contributed by atoms with E-state index in [0.29, 0.717) is 16.0 Å². The summed E-state index contributed by atoms with van der Waals surface area (Å²) < 4.78 is 78.8. The quantitative estimate of drug-likeness (QED) is 0.328. The summed E-state index contributed by atoms with van der Waals surface area (Å²) in [5, 5.41) is 0.726. The van der Waals surface area contributed by atoms with Crippen LogP contribution in [0.5, 0.6) is 0 Å². The van der Waals surface area contributed by atoms with Gasteiger partial charge in [0.1, 0.15) is 0 Å². The third-order valence-electron chi connectivity index (χ3n) is 2.56. The molecule has 22 heavy (non-hydrogen) atoms. The molecule has 0 aliphatic carbocycles. The minimum atomic E-state index is -6.00. The van der Waals surface area contributed by atoms with E-state index < -0.39 is 23.2 Å². The fourth-order valence-corrected chi connectivity index (χ4v) is 4.13. The Hall–Kier alpha value is -1.25. The number of benzene rings is 1. The van der Waals surface area contributed by atoms with Crippen molar-refractivity contribution in [3.8, 4) is 0 Å². The van der Waals surface area contributed by atoms with E-state index in [0.717, 1.165) is 5.39 Å². The fraction of sp³-hybridized carbons (Fsp3) is 0.385. The fourth-order valence-electron chi connectivity index (χ4n) is 1.98. The molecule has 1 atom stereocenters. The third kappa shape index (κ3) is 5.86. The van der Waals surface area contributed by atoms with Crippen LogP contribution in [0.3, 0.4) is 0 Å². The van der Waals surface area contributed by atoms with Gasteiger partial charge in [-0.05, 0) is 18.1 Å². The van der Waals surface area contributed by atoms with Crippen molar-refractivity contribution in [3.63, 3.8) is 0 Å². The van der Waals surface area contributed by atoms with Crippen LogP contribution in [-0.4, -0.2) is 7.25 Å². The first kappa shape index (κ1) is 18.8. The number of thiophene rings is 1. The van der Waals surface area contributed by atoms with E-state index in [1.165, 1.54) is 0 Å². The maximum absolute atomic E-state index is 13.1. The summed E-state index contributed by atoms with van der Waals surface area (Å²) >= 11 is 0. The smallest absolute Gasteiger partial charge is 0.418 e. The first-order chi connectivity index (χ1) is 9.89. The Kier molecular flexibility index (Phi) is 5.89. The lowest BCUT2D eigenvalue weighted by Gasteiger charge is -2.02. The van der Waals surface area contributed by atoms with Crippen LogP contribution in [0.25, 0.3) is 10.1 Å². The second-order valence-corrected chi connectivity index (χ2v) is 7.03. The van der Waals surface area contributed by atoms with Gasteiger partial charge in [0.2, 0.25) is 0 Å². The number of hydrogen-bond donors (Lipinski definition) is 0. The van der Waals surface area contributed by atoms with Crippen molar-refractivity contribution in [1.82, 2.24) is 0 Å². The second-order valence-electron chi connectivity index (χ2n) is 4.99. The maximum Gasteiger partial charge on any atom is 0.673 e. The van der Waals surface area contributed by atoms with Crippen molar-refractivity contribution in [1.29, 1.82) is 0 Å². The number of fused-ring (bicyclic) bond motifs is 1. The van der Waals surface area contributed by atoms with Gasteiger partial charge in [-0.3, -0.25) is 0 Å². The lowest BCUT2D eigenvalue weighted by Crippen LogP contribution is -2.02. The molecule has 9 heteroatoms. The average Bonchev–Trinajstić information content (AvgIpc) is 2.62. The lowest BCUT2D eigenvalue weighted by atomic mass is 10.1. The summed E-state index contributed by atoms with van der Waals surface area (Å²) in [5.41, 5.74) is -4.16. The Balaban J connectivity index is 0.000000422. The molecule has 0 aliphatic rings. The molecule has 124 valence electrons. The molecule has 1 aromatic carbocycles. The Morgan fingerprint density at radius 1 is 1.05 bits per heavy atom. The SMILES string of the molecule is CC(C)Cc1cc2ccccc2[s+]1C(F)(F)F.F[B-](F)(F)F. The topological polar surface area (TPSA) is 0 Å². The summed E-state index contributed by atoms with van der Waals surface area (Å²) in [6.07, 6.45) is 0.511. The van der Waals surface area contributed by atoms with Crippen LogP contribution in [0, 0.1) is 5.92 Å². The summed E-state index contributed by atoms with van der Waals surface area (Å²) in [6, 6.07) is 8.53. The summed E-state index contributed by atoms with van der Waals surface area (Å²) in [6.45, 7) is 3.89. The van der Waals surface area contributed by atoms with Crippen molar-refractivity contribution < 1.29 is 30.4 Å². The van der Waals surface area contributed by atoms with Gasteiger partial charge in [-0.2, -0.15) is 0 Å². The van der Waals surface area contributed by atoms with Gasteiger partial charge in [-0.25, -0.2) is 0 Å². The zero-order valence-corrected chi connectivity index (χ0v) is 12.6. The first-order valence-electron chi connectivity index (χ1n) is 6.37. The van der Waals surface area contributed by atoms with Crippen LogP contribution >= 0.6 is 10.5 Å². The Morgan fingerprint density at radius 3 is 2.00 bits per heavy atom. The molecule has 0 nitrogen and oxygen atoms in total. The lowest BCUT2D eigenvalue weighted by molar-refractivity contribution is -0.0867. The summed E-state index contributed by atoms with van der Waals surface area (Å²) in [7, 11) is -7.72. The van der Waals surface area contributed by atoms with Crippen molar-refractivity contribution >= 4 is 27.8 Å². The van der Waals surface area contributed by atoms with Crippen LogP contribution in [0.1, 0.15) is 18.7 Å². The van der Waals surface area contributed by atoms with Gasteiger partial charge in [0.25, 0.3) is 0 Å². The predicted octanol–water partition coefficient (Wildman–Crippen LogP) is 6.56. The minimum absolute atomic E-state index is 0.243. The molecule has 1 aromatic heterocycles. The minimum Gasteiger partial charge on any atom is -0.418 e. The third-order valence-corrected chi connectivity index (χ3v) is 4.64. The monoisotopic (exact) mass is 346 g/mol. The van der Waals surface area contributed by atoms with Gasteiger partial charge in [0, 0.05) is 17.9 Å². The second kappa shape index (κ2) is 6.89. The van der Waals surface area contributed by atoms with Gasteiger partial charge >= 0.3 is 12.8 Å². The molecule has 0 bridgehead atoms. The molecule has 2 aromatic rings. The molecular weight excluding hydrogens is 332 g/mol. The predicted molar refractivity (Wildman–Crippen MR) is 76.5 cm³/mol. The average molecular weight is 346 g/mol. The van der Waals surface area contributed by atoms with Crippen molar-refractivity contribution in [3.05, 3.63) is 35.2 Å². The highest BCUT2D eigenvalue weighted by atomic mass is 32.2. The Bertz CT molecular complexity index is 607. The van der Waals surface area contributed by atoms with E-state index in [9.17, 15) is 30.4 Å². The normalized spacial score (nSPS) is 13.3. The van der Waals surface area contributed by atoms with Crippen LogP contribution in [-0.2, 0) is 11.9 Å². The molecule has 1 heterocycles. The number of hydrogen-bond acceptors (Lipinski definition) is 0. The highest BCUT2D eigenvalue weighted by molar-refractivity contribution is 7.38. The van der Waals surface area contributed by atoms with Crippen LogP contribution in [0.15, 0.2) is 30.3 Å². The van der Waals surface area contributed by atoms with Crippen molar-refractivity contribution in [2.75, 3.05) is 0 Å². The molecule has 2 rings (SSSR count). The molecule has 0 saturated carbocycles. The summed E-state index contributed by atoms with van der Waals surface area (Å²) in [5.74, 6) is 0.243. The van der Waals surface area contributed by atoms with Gasteiger partial charge in [-0.1, -0.05) is 26.0 Å². The van der Waals surface area contributed by atoms with E-state index in [1.54, 1.807) is 30.3 Å². The van der Waals surface area contributed by atoms with Crippen LogP contribution < -0.4 is 0 Å². The molecule has 0 amide bonds. The zero-order chi connectivity index (χ0) is 17.1. The van der Waals surface area contributed by atoms with E-state index in [2.05, 4.69) is 0 Å². The number of rotatable bonds is 2. The van der Waals surface area contributed by atoms with Crippen LogP contribution in [0.2, 0.25) is 0 Å². The number of halogens is 7. The Morgan fingerprint density at radius 2 is 1.55 bits per heavy atom. The molecular formula is C13H14BF7S. The van der Waals surface area contributed by atoms with Gasteiger partial charge in [0.05, 0.1) is 10.5 Å². The van der Waals surface area contributed by atoms with Crippen molar-refractivity contribution in [2.45, 2.75) is 25.8 Å². The number of alkyl halides is 3. The van der Waals surface area contributed by atoms with E-state index in [4.69, 9.17) is 0 Å². The highest BCUT2D eigenvalue weighted by Gasteiger charge is 2.47. The molecule has 0 radical (unpaired) electrons. The van der Waals surface area contributed by atoms with E-state index in [1.807, 2.05) is 13.8 Å². The van der Waals surface area contributed by atoms with E-state index in [-0.39, 0.29) is 5.92 Å².